The van der Waals surface area contributed by atoms with E-state index in [9.17, 15) is 4.79 Å². The van der Waals surface area contributed by atoms with Crippen molar-refractivity contribution in [1.82, 2.24) is 20.1 Å². The minimum absolute atomic E-state index is 0.244. The van der Waals surface area contributed by atoms with Gasteiger partial charge in [-0.15, -0.1) is 0 Å². The predicted octanol–water partition coefficient (Wildman–Crippen LogP) is 2.45. The molecule has 0 aliphatic carbocycles. The maximum Gasteiger partial charge on any atom is 0.222 e. The summed E-state index contributed by atoms with van der Waals surface area (Å²) in [5, 5.41) is 7.35. The number of hydrogen-bond donors (Lipinski definition) is 1. The van der Waals surface area contributed by atoms with E-state index in [0.717, 1.165) is 43.7 Å². The summed E-state index contributed by atoms with van der Waals surface area (Å²) in [6.07, 6.45) is 7.06. The molecule has 2 aromatic rings. The Kier molecular flexibility index (Phi) is 4.51. The second kappa shape index (κ2) is 6.73. The van der Waals surface area contributed by atoms with E-state index in [4.69, 9.17) is 0 Å². The van der Waals surface area contributed by atoms with Gasteiger partial charge in [0.1, 0.15) is 0 Å². The van der Waals surface area contributed by atoms with E-state index in [1.54, 1.807) is 12.4 Å². The van der Waals surface area contributed by atoms with Crippen LogP contribution in [0.15, 0.2) is 30.6 Å². The lowest BCUT2D eigenvalue weighted by Crippen LogP contribution is -2.39. The van der Waals surface area contributed by atoms with Crippen LogP contribution < -0.4 is 0 Å². The predicted molar refractivity (Wildman–Crippen MR) is 84.4 cm³/mol. The van der Waals surface area contributed by atoms with Crippen LogP contribution in [-0.2, 0) is 11.2 Å². The number of amides is 1. The van der Waals surface area contributed by atoms with E-state index in [1.807, 2.05) is 24.0 Å². The number of hydrogen-bond acceptors (Lipinski definition) is 3. The molecule has 1 aliphatic heterocycles. The maximum absolute atomic E-state index is 12.4. The number of pyridine rings is 1. The van der Waals surface area contributed by atoms with Crippen LogP contribution in [0.25, 0.3) is 0 Å². The Hall–Kier alpha value is -2.17. The second-order valence-electron chi connectivity index (χ2n) is 6.01. The third kappa shape index (κ3) is 3.53. The van der Waals surface area contributed by atoms with Gasteiger partial charge in [0.15, 0.2) is 0 Å². The molecule has 2 aromatic heterocycles. The van der Waals surface area contributed by atoms with Gasteiger partial charge in [-0.2, -0.15) is 5.10 Å². The maximum atomic E-state index is 12.4. The fourth-order valence-corrected chi connectivity index (χ4v) is 3.05. The van der Waals surface area contributed by atoms with Crippen molar-refractivity contribution < 1.29 is 4.79 Å². The number of nitrogens with zero attached hydrogens (tertiary/aromatic N) is 3. The lowest BCUT2D eigenvalue weighted by Gasteiger charge is -2.32. The fourth-order valence-electron chi connectivity index (χ4n) is 3.05. The van der Waals surface area contributed by atoms with Crippen LogP contribution >= 0.6 is 0 Å². The van der Waals surface area contributed by atoms with E-state index in [2.05, 4.69) is 21.2 Å². The van der Waals surface area contributed by atoms with Gasteiger partial charge in [0.05, 0.1) is 5.69 Å². The normalized spacial score (nSPS) is 18.4. The number of carbonyl (C=O) groups excluding carboxylic acids is 1. The number of aromatic amines is 1. The molecule has 5 heteroatoms. The Morgan fingerprint density at radius 2 is 2.23 bits per heavy atom. The number of piperidine rings is 1. The van der Waals surface area contributed by atoms with E-state index in [1.165, 1.54) is 5.56 Å². The molecule has 1 N–H and O–H groups in total. The molecule has 1 atom stereocenters. The van der Waals surface area contributed by atoms with Crippen molar-refractivity contribution in [2.24, 2.45) is 0 Å². The van der Waals surface area contributed by atoms with E-state index in [-0.39, 0.29) is 5.91 Å². The van der Waals surface area contributed by atoms with Gasteiger partial charge in [-0.25, -0.2) is 0 Å². The van der Waals surface area contributed by atoms with Crippen LogP contribution in [0, 0.1) is 6.92 Å². The van der Waals surface area contributed by atoms with Gasteiger partial charge < -0.3 is 4.90 Å². The standard InChI is InChI=1S/C17H22N4O/c1-13-11-16(20-19-13)15-3-2-10-21(12-15)17(22)5-4-14-6-8-18-9-7-14/h6-9,11,15H,2-5,10,12H2,1H3,(H,19,20)/t15-/m0/s1. The Bertz CT molecular complexity index is 623. The van der Waals surface area contributed by atoms with Crippen LogP contribution in [0.1, 0.15) is 42.1 Å². The zero-order valence-corrected chi connectivity index (χ0v) is 13.0. The van der Waals surface area contributed by atoms with Crippen LogP contribution in [0.2, 0.25) is 0 Å². The summed E-state index contributed by atoms with van der Waals surface area (Å²) in [6.45, 7) is 3.67. The zero-order chi connectivity index (χ0) is 15.4. The highest BCUT2D eigenvalue weighted by Crippen LogP contribution is 2.26. The summed E-state index contributed by atoms with van der Waals surface area (Å²) >= 11 is 0. The lowest BCUT2D eigenvalue weighted by molar-refractivity contribution is -0.132. The highest BCUT2D eigenvalue weighted by atomic mass is 16.2. The quantitative estimate of drug-likeness (QED) is 0.943. The number of rotatable bonds is 4. The first-order chi connectivity index (χ1) is 10.7. The average Bonchev–Trinajstić information content (AvgIpc) is 3.00. The monoisotopic (exact) mass is 298 g/mol. The highest BCUT2D eigenvalue weighted by molar-refractivity contribution is 5.76. The number of aromatic nitrogens is 3. The molecule has 3 heterocycles. The molecule has 1 saturated heterocycles. The summed E-state index contributed by atoms with van der Waals surface area (Å²) in [7, 11) is 0. The van der Waals surface area contributed by atoms with Crippen LogP contribution in [0.3, 0.4) is 0 Å². The molecule has 116 valence electrons. The summed E-state index contributed by atoms with van der Waals surface area (Å²) in [5.74, 6) is 0.609. The van der Waals surface area contributed by atoms with Crippen LogP contribution in [0.4, 0.5) is 0 Å². The summed E-state index contributed by atoms with van der Waals surface area (Å²) in [5.41, 5.74) is 3.33. The first-order valence-electron chi connectivity index (χ1n) is 7.91. The van der Waals surface area contributed by atoms with Crippen molar-refractivity contribution in [3.05, 3.63) is 47.5 Å². The van der Waals surface area contributed by atoms with Gasteiger partial charge in [-0.3, -0.25) is 14.9 Å². The van der Waals surface area contributed by atoms with E-state index >= 15 is 0 Å². The molecule has 3 rings (SSSR count). The molecule has 0 aromatic carbocycles. The Morgan fingerprint density at radius 3 is 2.95 bits per heavy atom. The second-order valence-corrected chi connectivity index (χ2v) is 6.01. The molecule has 0 saturated carbocycles. The van der Waals surface area contributed by atoms with Gasteiger partial charge in [0.2, 0.25) is 5.91 Å². The molecule has 1 aliphatic rings. The first-order valence-corrected chi connectivity index (χ1v) is 7.91. The fraction of sp³-hybridized carbons (Fsp3) is 0.471. The minimum atomic E-state index is 0.244. The molecule has 0 bridgehead atoms. The van der Waals surface area contributed by atoms with Crippen molar-refractivity contribution in [2.45, 2.75) is 38.5 Å². The number of H-pyrrole nitrogens is 1. The molecular weight excluding hydrogens is 276 g/mol. The largest absolute Gasteiger partial charge is 0.342 e. The van der Waals surface area contributed by atoms with Crippen molar-refractivity contribution >= 4 is 5.91 Å². The van der Waals surface area contributed by atoms with Crippen molar-refractivity contribution in [3.63, 3.8) is 0 Å². The van der Waals surface area contributed by atoms with Crippen molar-refractivity contribution in [1.29, 1.82) is 0 Å². The van der Waals surface area contributed by atoms with Gasteiger partial charge in [-0.05, 0) is 49.9 Å². The van der Waals surface area contributed by atoms with Gasteiger partial charge in [-0.1, -0.05) is 0 Å². The smallest absolute Gasteiger partial charge is 0.222 e. The number of aryl methyl sites for hydroxylation is 2. The molecular formula is C17H22N4O. The SMILES string of the molecule is Cc1cc([C@H]2CCCN(C(=O)CCc3ccncc3)C2)n[nH]1. The Morgan fingerprint density at radius 1 is 1.41 bits per heavy atom. The topological polar surface area (TPSA) is 61.9 Å². The van der Waals surface area contributed by atoms with Crippen molar-refractivity contribution in [2.75, 3.05) is 13.1 Å². The van der Waals surface area contributed by atoms with Gasteiger partial charge in [0.25, 0.3) is 0 Å². The number of nitrogens with one attached hydrogen (secondary N) is 1. The average molecular weight is 298 g/mol. The number of carbonyl (C=O) groups is 1. The molecule has 1 fully saturated rings. The molecule has 0 spiro atoms. The summed E-state index contributed by atoms with van der Waals surface area (Å²) < 4.78 is 0. The van der Waals surface area contributed by atoms with Crippen molar-refractivity contribution in [3.8, 4) is 0 Å². The number of likely N-dealkylation sites (tertiary alicyclic amines) is 1. The highest BCUT2D eigenvalue weighted by Gasteiger charge is 2.25. The lowest BCUT2D eigenvalue weighted by atomic mass is 9.94. The Labute approximate surface area is 130 Å². The van der Waals surface area contributed by atoms with Gasteiger partial charge in [0, 0.05) is 43.5 Å². The molecule has 1 amide bonds. The van der Waals surface area contributed by atoms with E-state index in [0.29, 0.717) is 12.3 Å². The third-order valence-electron chi connectivity index (χ3n) is 4.30. The minimum Gasteiger partial charge on any atom is -0.342 e. The molecule has 22 heavy (non-hydrogen) atoms. The van der Waals surface area contributed by atoms with Crippen LogP contribution in [0.5, 0.6) is 0 Å². The summed E-state index contributed by atoms with van der Waals surface area (Å²) in [4.78, 5) is 18.4. The summed E-state index contributed by atoms with van der Waals surface area (Å²) in [6, 6.07) is 6.03. The molecule has 5 nitrogen and oxygen atoms in total. The Balaban J connectivity index is 1.56. The molecule has 0 unspecified atom stereocenters. The van der Waals surface area contributed by atoms with E-state index < -0.39 is 0 Å². The first kappa shape index (κ1) is 14.8. The van der Waals surface area contributed by atoms with Crippen LogP contribution in [-0.4, -0.2) is 39.1 Å². The molecule has 0 radical (unpaired) electrons. The third-order valence-corrected chi connectivity index (χ3v) is 4.30. The van der Waals surface area contributed by atoms with Gasteiger partial charge >= 0.3 is 0 Å². The zero-order valence-electron chi connectivity index (χ0n) is 13.0.